The number of ether oxygens (including phenoxy) is 4. The lowest BCUT2D eigenvalue weighted by molar-refractivity contribution is -0.140. The van der Waals surface area contributed by atoms with Gasteiger partial charge in [0, 0.05) is 19.2 Å². The highest BCUT2D eigenvalue weighted by molar-refractivity contribution is 6.46. The van der Waals surface area contributed by atoms with Gasteiger partial charge in [0.05, 0.1) is 44.6 Å². The number of aliphatic hydroxyl groups is 1. The Hall–Kier alpha value is -3.23. The largest absolute Gasteiger partial charge is 0.507 e. The molecular weight excluding hydrogens is 438 g/mol. The van der Waals surface area contributed by atoms with Gasteiger partial charge in [-0.3, -0.25) is 9.59 Å². The van der Waals surface area contributed by atoms with Crippen LogP contribution in [0.5, 0.6) is 17.2 Å². The van der Waals surface area contributed by atoms with E-state index in [1.807, 2.05) is 0 Å². The quantitative estimate of drug-likeness (QED) is 0.365. The van der Waals surface area contributed by atoms with Gasteiger partial charge in [0.2, 0.25) is 0 Å². The van der Waals surface area contributed by atoms with E-state index in [2.05, 4.69) is 0 Å². The van der Waals surface area contributed by atoms with Crippen LogP contribution in [0.2, 0.25) is 5.02 Å². The Labute approximate surface area is 190 Å². The normalized spacial score (nSPS) is 17.5. The van der Waals surface area contributed by atoms with Crippen molar-refractivity contribution in [2.75, 3.05) is 41.6 Å². The number of likely N-dealkylation sites (tertiary alicyclic amines) is 1. The summed E-state index contributed by atoms with van der Waals surface area (Å²) in [5.74, 6) is -0.621. The summed E-state index contributed by atoms with van der Waals surface area (Å²) in [4.78, 5) is 27.2. The number of benzene rings is 2. The molecule has 2 aromatic rings. The van der Waals surface area contributed by atoms with Gasteiger partial charge in [0.15, 0.2) is 11.5 Å². The molecule has 0 radical (unpaired) electrons. The van der Waals surface area contributed by atoms with Gasteiger partial charge in [-0.05, 0) is 35.9 Å². The molecule has 1 unspecified atom stereocenters. The number of rotatable bonds is 8. The highest BCUT2D eigenvalue weighted by Gasteiger charge is 2.46. The zero-order chi connectivity index (χ0) is 23.4. The van der Waals surface area contributed by atoms with Crippen molar-refractivity contribution in [1.29, 1.82) is 0 Å². The van der Waals surface area contributed by atoms with Crippen LogP contribution in [0.3, 0.4) is 0 Å². The molecule has 8 nitrogen and oxygen atoms in total. The maximum absolute atomic E-state index is 13.0. The summed E-state index contributed by atoms with van der Waals surface area (Å²) in [6.07, 6.45) is 0. The Morgan fingerprint density at radius 2 is 1.66 bits per heavy atom. The Balaban J connectivity index is 2.21. The van der Waals surface area contributed by atoms with Crippen LogP contribution in [0, 0.1) is 0 Å². The molecule has 1 amide bonds. The molecule has 0 bridgehead atoms. The zero-order valence-corrected chi connectivity index (χ0v) is 18.9. The summed E-state index contributed by atoms with van der Waals surface area (Å²) in [6, 6.07) is 8.81. The second kappa shape index (κ2) is 9.93. The predicted molar refractivity (Wildman–Crippen MR) is 118 cm³/mol. The molecule has 1 aliphatic rings. The molecule has 1 saturated heterocycles. The van der Waals surface area contributed by atoms with Gasteiger partial charge in [0.1, 0.15) is 11.5 Å². The van der Waals surface area contributed by atoms with Crippen molar-refractivity contribution < 1.29 is 33.6 Å². The summed E-state index contributed by atoms with van der Waals surface area (Å²) < 4.78 is 21.0. The molecule has 9 heteroatoms. The first-order valence-electron chi connectivity index (χ1n) is 9.71. The number of carbonyl (C=O) groups excluding carboxylic acids is 2. The average molecular weight is 462 g/mol. The lowest BCUT2D eigenvalue weighted by atomic mass is 9.95. The number of ketones is 1. The fourth-order valence-electron chi connectivity index (χ4n) is 3.63. The molecule has 2 aromatic carbocycles. The molecular formula is C23H24ClNO7. The molecule has 3 rings (SSSR count). The van der Waals surface area contributed by atoms with Gasteiger partial charge in [-0.1, -0.05) is 17.7 Å². The van der Waals surface area contributed by atoms with Crippen LogP contribution in [0.4, 0.5) is 0 Å². The SMILES string of the molecule is COCCN1C(=O)C(=O)/C(=C(\O)c2ccc(Cl)c(OC)c2)C1c1ccc(OC)c(OC)c1. The number of hydrogen-bond donors (Lipinski definition) is 1. The maximum Gasteiger partial charge on any atom is 0.295 e. The van der Waals surface area contributed by atoms with Crippen LogP contribution in [-0.2, 0) is 14.3 Å². The van der Waals surface area contributed by atoms with E-state index in [9.17, 15) is 14.7 Å². The number of Topliss-reactive ketones (excluding diaryl/α,β-unsaturated/α-hetero) is 1. The molecule has 1 aliphatic heterocycles. The fourth-order valence-corrected chi connectivity index (χ4v) is 3.83. The van der Waals surface area contributed by atoms with Gasteiger partial charge < -0.3 is 29.0 Å². The molecule has 0 aromatic heterocycles. The predicted octanol–water partition coefficient (Wildman–Crippen LogP) is 3.43. The first-order valence-corrected chi connectivity index (χ1v) is 10.1. The average Bonchev–Trinajstić information content (AvgIpc) is 3.06. The molecule has 170 valence electrons. The molecule has 0 saturated carbocycles. The third-order valence-corrected chi connectivity index (χ3v) is 5.54. The van der Waals surface area contributed by atoms with Crippen molar-refractivity contribution in [2.45, 2.75) is 6.04 Å². The Morgan fingerprint density at radius 3 is 2.28 bits per heavy atom. The standard InChI is InChI=1S/C23H24ClNO7/c1-29-10-9-25-20(13-6-8-16(30-2)18(11-13)32-4)19(22(27)23(25)28)21(26)14-5-7-15(24)17(12-14)31-3/h5-8,11-12,20,26H,9-10H2,1-4H3/b21-19-. The van der Waals surface area contributed by atoms with Gasteiger partial charge in [-0.2, -0.15) is 0 Å². The van der Waals surface area contributed by atoms with Crippen molar-refractivity contribution in [1.82, 2.24) is 4.90 Å². The smallest absolute Gasteiger partial charge is 0.295 e. The minimum absolute atomic E-state index is 0.0531. The van der Waals surface area contributed by atoms with E-state index in [0.29, 0.717) is 33.4 Å². The summed E-state index contributed by atoms with van der Waals surface area (Å²) in [5, 5.41) is 11.5. The van der Waals surface area contributed by atoms with E-state index in [-0.39, 0.29) is 24.5 Å². The van der Waals surface area contributed by atoms with Crippen LogP contribution >= 0.6 is 11.6 Å². The topological polar surface area (TPSA) is 94.5 Å². The van der Waals surface area contributed by atoms with Crippen LogP contribution in [-0.4, -0.2) is 63.3 Å². The summed E-state index contributed by atoms with van der Waals surface area (Å²) in [6.45, 7) is 0.367. The van der Waals surface area contributed by atoms with Crippen molar-refractivity contribution >= 4 is 29.1 Å². The molecule has 32 heavy (non-hydrogen) atoms. The summed E-state index contributed by atoms with van der Waals surface area (Å²) in [7, 11) is 5.94. The zero-order valence-electron chi connectivity index (χ0n) is 18.2. The van der Waals surface area contributed by atoms with Crippen molar-refractivity contribution in [3.8, 4) is 17.2 Å². The van der Waals surface area contributed by atoms with Gasteiger partial charge in [-0.15, -0.1) is 0 Å². The minimum Gasteiger partial charge on any atom is -0.507 e. The molecule has 0 aliphatic carbocycles. The van der Waals surface area contributed by atoms with Gasteiger partial charge >= 0.3 is 0 Å². The first-order chi connectivity index (χ1) is 15.4. The molecule has 1 atom stereocenters. The van der Waals surface area contributed by atoms with Crippen LogP contribution in [0.15, 0.2) is 42.0 Å². The van der Waals surface area contributed by atoms with E-state index in [0.717, 1.165) is 0 Å². The van der Waals surface area contributed by atoms with Crippen molar-refractivity contribution in [3.05, 3.63) is 58.1 Å². The number of methoxy groups -OCH3 is 4. The van der Waals surface area contributed by atoms with E-state index >= 15 is 0 Å². The second-order valence-corrected chi connectivity index (χ2v) is 7.36. The van der Waals surface area contributed by atoms with Crippen LogP contribution in [0.1, 0.15) is 17.2 Å². The highest BCUT2D eigenvalue weighted by atomic mass is 35.5. The number of amides is 1. The summed E-state index contributed by atoms with van der Waals surface area (Å²) >= 11 is 6.09. The number of hydrogen-bond acceptors (Lipinski definition) is 7. The second-order valence-electron chi connectivity index (χ2n) is 6.95. The van der Waals surface area contributed by atoms with E-state index in [1.165, 1.54) is 39.4 Å². The monoisotopic (exact) mass is 461 g/mol. The molecule has 0 spiro atoms. The Kier molecular flexibility index (Phi) is 7.27. The van der Waals surface area contributed by atoms with Gasteiger partial charge in [0.25, 0.3) is 11.7 Å². The Morgan fingerprint density at radius 1 is 0.969 bits per heavy atom. The van der Waals surface area contributed by atoms with E-state index < -0.39 is 17.7 Å². The highest BCUT2D eigenvalue weighted by Crippen LogP contribution is 2.42. The summed E-state index contributed by atoms with van der Waals surface area (Å²) in [5.41, 5.74) is 0.810. The Bertz CT molecular complexity index is 1070. The first kappa shape index (κ1) is 23.4. The number of carbonyl (C=O) groups is 2. The van der Waals surface area contributed by atoms with Gasteiger partial charge in [-0.25, -0.2) is 0 Å². The molecule has 1 heterocycles. The maximum atomic E-state index is 13.0. The van der Waals surface area contributed by atoms with Crippen molar-refractivity contribution in [2.24, 2.45) is 0 Å². The van der Waals surface area contributed by atoms with Crippen LogP contribution in [0.25, 0.3) is 5.76 Å². The van der Waals surface area contributed by atoms with E-state index in [4.69, 9.17) is 30.5 Å². The lowest BCUT2D eigenvalue weighted by Gasteiger charge is -2.25. The fraction of sp³-hybridized carbons (Fsp3) is 0.304. The molecule has 1 fully saturated rings. The van der Waals surface area contributed by atoms with Crippen molar-refractivity contribution in [3.63, 3.8) is 0 Å². The van der Waals surface area contributed by atoms with E-state index in [1.54, 1.807) is 30.3 Å². The molecule has 1 N–H and O–H groups in total. The minimum atomic E-state index is -0.855. The number of aliphatic hydroxyl groups excluding tert-OH is 1. The lowest BCUT2D eigenvalue weighted by Crippen LogP contribution is -2.32. The van der Waals surface area contributed by atoms with Crippen LogP contribution < -0.4 is 14.2 Å². The third kappa shape index (κ3) is 4.24. The number of halogens is 1. The third-order valence-electron chi connectivity index (χ3n) is 5.22. The number of nitrogens with zero attached hydrogens (tertiary/aromatic N) is 1.